The average molecular weight is 294 g/mol. The number of nitrogens with zero attached hydrogens (tertiary/aromatic N) is 1. The van der Waals surface area contributed by atoms with Crippen LogP contribution in [-0.2, 0) is 4.79 Å². The highest BCUT2D eigenvalue weighted by atomic mass is 32.2. The Balaban J connectivity index is 1.92. The van der Waals surface area contributed by atoms with Gasteiger partial charge in [-0.3, -0.25) is 4.79 Å². The van der Waals surface area contributed by atoms with Crippen LogP contribution in [0.1, 0.15) is 5.69 Å². The van der Waals surface area contributed by atoms with E-state index in [1.54, 1.807) is 12.1 Å². The second-order valence-corrected chi connectivity index (χ2v) is 5.09. The highest BCUT2D eigenvalue weighted by Gasteiger charge is 2.08. The SMILES string of the molecule is Cc1cccc(NC(=O)CSc2ccc(F)cc2F)n1. The van der Waals surface area contributed by atoms with Gasteiger partial charge in [-0.05, 0) is 31.2 Å². The third kappa shape index (κ3) is 4.03. The summed E-state index contributed by atoms with van der Waals surface area (Å²) < 4.78 is 26.1. The molecule has 0 saturated heterocycles. The Hall–Kier alpha value is -1.95. The number of benzene rings is 1. The minimum absolute atomic E-state index is 0.0260. The summed E-state index contributed by atoms with van der Waals surface area (Å²) in [6, 6.07) is 8.54. The molecule has 1 aromatic carbocycles. The number of hydrogen-bond acceptors (Lipinski definition) is 3. The monoisotopic (exact) mass is 294 g/mol. The van der Waals surface area contributed by atoms with Gasteiger partial charge < -0.3 is 5.32 Å². The van der Waals surface area contributed by atoms with Gasteiger partial charge in [0.2, 0.25) is 5.91 Å². The van der Waals surface area contributed by atoms with Crippen molar-refractivity contribution in [2.24, 2.45) is 0 Å². The van der Waals surface area contributed by atoms with Crippen molar-refractivity contribution >= 4 is 23.5 Å². The number of carbonyl (C=O) groups excluding carboxylic acids is 1. The predicted molar refractivity (Wildman–Crippen MR) is 74.7 cm³/mol. The number of hydrogen-bond donors (Lipinski definition) is 1. The molecule has 0 atom stereocenters. The average Bonchev–Trinajstić information content (AvgIpc) is 2.37. The molecular formula is C14H12F2N2OS. The Morgan fingerprint density at radius 2 is 2.10 bits per heavy atom. The topological polar surface area (TPSA) is 42.0 Å². The van der Waals surface area contributed by atoms with Crippen LogP contribution in [0.3, 0.4) is 0 Å². The smallest absolute Gasteiger partial charge is 0.235 e. The number of carbonyl (C=O) groups is 1. The molecule has 20 heavy (non-hydrogen) atoms. The van der Waals surface area contributed by atoms with Crippen LogP contribution in [0.4, 0.5) is 14.6 Å². The third-order valence-corrected chi connectivity index (χ3v) is 3.46. The van der Waals surface area contributed by atoms with Gasteiger partial charge in [0.05, 0.1) is 5.75 Å². The van der Waals surface area contributed by atoms with Crippen molar-refractivity contribution in [3.63, 3.8) is 0 Å². The zero-order valence-electron chi connectivity index (χ0n) is 10.7. The van der Waals surface area contributed by atoms with Gasteiger partial charge in [0.1, 0.15) is 17.5 Å². The molecule has 2 aromatic rings. The molecule has 6 heteroatoms. The van der Waals surface area contributed by atoms with Crippen LogP contribution < -0.4 is 5.32 Å². The standard InChI is InChI=1S/C14H12F2N2OS/c1-9-3-2-4-13(17-9)18-14(19)8-20-12-6-5-10(15)7-11(12)16/h2-7H,8H2,1H3,(H,17,18,19). The largest absolute Gasteiger partial charge is 0.310 e. The first kappa shape index (κ1) is 14.5. The van der Waals surface area contributed by atoms with Crippen LogP contribution in [0.15, 0.2) is 41.3 Å². The van der Waals surface area contributed by atoms with Crippen molar-refractivity contribution in [1.82, 2.24) is 4.98 Å². The maximum atomic E-state index is 13.4. The van der Waals surface area contributed by atoms with Gasteiger partial charge in [-0.25, -0.2) is 13.8 Å². The summed E-state index contributed by atoms with van der Waals surface area (Å²) in [5, 5.41) is 2.62. The lowest BCUT2D eigenvalue weighted by atomic mass is 10.3. The Morgan fingerprint density at radius 3 is 2.80 bits per heavy atom. The third-order valence-electron chi connectivity index (χ3n) is 2.41. The molecular weight excluding hydrogens is 282 g/mol. The molecule has 2 rings (SSSR count). The molecule has 0 aliphatic carbocycles. The summed E-state index contributed by atoms with van der Waals surface area (Å²) in [5.74, 6) is -1.12. The van der Waals surface area contributed by atoms with Crippen molar-refractivity contribution in [2.75, 3.05) is 11.1 Å². The second-order valence-electron chi connectivity index (χ2n) is 4.08. The van der Waals surface area contributed by atoms with Crippen molar-refractivity contribution in [1.29, 1.82) is 0 Å². The fourth-order valence-corrected chi connectivity index (χ4v) is 2.25. The lowest BCUT2D eigenvalue weighted by Crippen LogP contribution is -2.15. The van der Waals surface area contributed by atoms with Crippen molar-refractivity contribution in [3.05, 3.63) is 53.7 Å². The molecule has 0 spiro atoms. The molecule has 0 radical (unpaired) electrons. The van der Waals surface area contributed by atoms with Crippen LogP contribution in [0.2, 0.25) is 0 Å². The highest BCUT2D eigenvalue weighted by molar-refractivity contribution is 8.00. The van der Waals surface area contributed by atoms with Crippen LogP contribution in [0.25, 0.3) is 0 Å². The van der Waals surface area contributed by atoms with E-state index in [0.29, 0.717) is 5.82 Å². The van der Waals surface area contributed by atoms with E-state index in [1.807, 2.05) is 13.0 Å². The number of thioether (sulfide) groups is 1. The summed E-state index contributed by atoms with van der Waals surface area (Å²) in [5.41, 5.74) is 0.792. The van der Waals surface area contributed by atoms with E-state index < -0.39 is 11.6 Å². The zero-order valence-corrected chi connectivity index (χ0v) is 11.5. The van der Waals surface area contributed by atoms with E-state index in [-0.39, 0.29) is 16.6 Å². The molecule has 0 saturated carbocycles. The lowest BCUT2D eigenvalue weighted by molar-refractivity contribution is -0.113. The van der Waals surface area contributed by atoms with Crippen LogP contribution in [0, 0.1) is 18.6 Å². The first-order valence-electron chi connectivity index (χ1n) is 5.86. The van der Waals surface area contributed by atoms with Gasteiger partial charge in [0, 0.05) is 16.7 Å². The molecule has 104 valence electrons. The zero-order chi connectivity index (χ0) is 14.5. The van der Waals surface area contributed by atoms with Gasteiger partial charge in [-0.1, -0.05) is 6.07 Å². The van der Waals surface area contributed by atoms with Gasteiger partial charge >= 0.3 is 0 Å². The van der Waals surface area contributed by atoms with E-state index in [1.165, 1.54) is 6.07 Å². The molecule has 0 unspecified atom stereocenters. The fraction of sp³-hybridized carbons (Fsp3) is 0.143. The minimum Gasteiger partial charge on any atom is -0.310 e. The molecule has 0 aliphatic heterocycles. The normalized spacial score (nSPS) is 10.3. The van der Waals surface area contributed by atoms with Crippen LogP contribution >= 0.6 is 11.8 Å². The van der Waals surface area contributed by atoms with E-state index in [2.05, 4.69) is 10.3 Å². The van der Waals surface area contributed by atoms with Crippen molar-refractivity contribution < 1.29 is 13.6 Å². The fourth-order valence-electron chi connectivity index (χ4n) is 1.53. The number of rotatable bonds is 4. The Morgan fingerprint density at radius 1 is 1.30 bits per heavy atom. The van der Waals surface area contributed by atoms with E-state index >= 15 is 0 Å². The van der Waals surface area contributed by atoms with Gasteiger partial charge in [0.15, 0.2) is 0 Å². The number of pyridine rings is 1. The highest BCUT2D eigenvalue weighted by Crippen LogP contribution is 2.22. The Bertz CT molecular complexity index is 634. The van der Waals surface area contributed by atoms with E-state index in [0.717, 1.165) is 29.6 Å². The number of anilines is 1. The molecule has 0 bridgehead atoms. The lowest BCUT2D eigenvalue weighted by Gasteiger charge is -2.05. The van der Waals surface area contributed by atoms with E-state index in [9.17, 15) is 13.6 Å². The second kappa shape index (κ2) is 6.47. The quantitative estimate of drug-likeness (QED) is 0.879. The molecule has 1 aromatic heterocycles. The van der Waals surface area contributed by atoms with Crippen molar-refractivity contribution in [3.8, 4) is 0 Å². The molecule has 0 fully saturated rings. The van der Waals surface area contributed by atoms with Crippen LogP contribution in [0.5, 0.6) is 0 Å². The number of nitrogens with one attached hydrogen (secondary N) is 1. The summed E-state index contributed by atoms with van der Waals surface area (Å²) >= 11 is 1.01. The Kier molecular flexibility index (Phi) is 4.68. The number of aromatic nitrogens is 1. The molecule has 1 heterocycles. The number of amides is 1. The molecule has 3 nitrogen and oxygen atoms in total. The first-order chi connectivity index (χ1) is 9.54. The maximum Gasteiger partial charge on any atom is 0.235 e. The maximum absolute atomic E-state index is 13.4. The van der Waals surface area contributed by atoms with Gasteiger partial charge in [0.25, 0.3) is 0 Å². The molecule has 1 amide bonds. The Labute approximate surface area is 119 Å². The molecule has 0 aliphatic rings. The van der Waals surface area contributed by atoms with E-state index in [4.69, 9.17) is 0 Å². The van der Waals surface area contributed by atoms with Crippen molar-refractivity contribution in [2.45, 2.75) is 11.8 Å². The predicted octanol–water partition coefficient (Wildman–Crippen LogP) is 3.40. The molecule has 1 N–H and O–H groups in total. The van der Waals surface area contributed by atoms with Gasteiger partial charge in [-0.2, -0.15) is 0 Å². The minimum atomic E-state index is -0.670. The number of halogens is 2. The van der Waals surface area contributed by atoms with Gasteiger partial charge in [-0.15, -0.1) is 11.8 Å². The summed E-state index contributed by atoms with van der Waals surface area (Å²) in [7, 11) is 0. The van der Waals surface area contributed by atoms with Crippen LogP contribution in [-0.4, -0.2) is 16.6 Å². The first-order valence-corrected chi connectivity index (χ1v) is 6.84. The number of aryl methyl sites for hydroxylation is 1. The summed E-state index contributed by atoms with van der Waals surface area (Å²) in [6.07, 6.45) is 0. The summed E-state index contributed by atoms with van der Waals surface area (Å²) in [6.45, 7) is 1.82. The summed E-state index contributed by atoms with van der Waals surface area (Å²) in [4.78, 5) is 16.1.